The number of rotatable bonds is 4. The molecule has 0 aliphatic rings. The minimum atomic E-state index is -0.979. The van der Waals surface area contributed by atoms with Gasteiger partial charge in [-0.2, -0.15) is 4.39 Å². The molecule has 0 spiro atoms. The van der Waals surface area contributed by atoms with Crippen molar-refractivity contribution in [2.24, 2.45) is 0 Å². The van der Waals surface area contributed by atoms with Crippen LogP contribution in [0.15, 0.2) is 42.5 Å². The van der Waals surface area contributed by atoms with Gasteiger partial charge in [0, 0.05) is 16.7 Å². The number of carbonyl (C=O) groups is 1. The third-order valence-corrected chi connectivity index (χ3v) is 3.37. The normalized spacial score (nSPS) is 11.8. The summed E-state index contributed by atoms with van der Waals surface area (Å²) in [4.78, 5) is 21.9. The van der Waals surface area contributed by atoms with Crippen LogP contribution in [0.2, 0.25) is 5.02 Å². The second-order valence-corrected chi connectivity index (χ2v) is 5.11. The average Bonchev–Trinajstić information content (AvgIpc) is 2.47. The lowest BCUT2D eigenvalue weighted by molar-refractivity contribution is -0.387. The fraction of sp³-hybridized carbons (Fsp3) is 0.133. The third kappa shape index (κ3) is 3.59. The first kappa shape index (κ1) is 15.9. The summed E-state index contributed by atoms with van der Waals surface area (Å²) in [6.45, 7) is 1.76. The second-order valence-electron chi connectivity index (χ2n) is 4.67. The van der Waals surface area contributed by atoms with E-state index < -0.39 is 22.3 Å². The molecule has 0 unspecified atom stereocenters. The van der Waals surface area contributed by atoms with Crippen molar-refractivity contribution in [1.82, 2.24) is 5.32 Å². The topological polar surface area (TPSA) is 72.2 Å². The highest BCUT2D eigenvalue weighted by atomic mass is 35.5. The lowest BCUT2D eigenvalue weighted by Gasteiger charge is -2.14. The number of nitrogens with zero attached hydrogens (tertiary/aromatic N) is 1. The quantitative estimate of drug-likeness (QED) is 0.686. The molecule has 2 aromatic carbocycles. The first-order valence-corrected chi connectivity index (χ1v) is 6.76. The summed E-state index contributed by atoms with van der Waals surface area (Å²) >= 11 is 5.79. The molecule has 0 aliphatic carbocycles. The number of hydrogen-bond acceptors (Lipinski definition) is 3. The van der Waals surface area contributed by atoms with Crippen molar-refractivity contribution in [1.29, 1.82) is 0 Å². The summed E-state index contributed by atoms with van der Waals surface area (Å²) in [5, 5.41) is 14.0. The first-order chi connectivity index (χ1) is 10.4. The highest BCUT2D eigenvalue weighted by Gasteiger charge is 2.18. The van der Waals surface area contributed by atoms with Crippen molar-refractivity contribution in [2.75, 3.05) is 0 Å². The van der Waals surface area contributed by atoms with Crippen LogP contribution in [0.3, 0.4) is 0 Å². The predicted octanol–water partition coefficient (Wildman–Crippen LogP) is 3.88. The van der Waals surface area contributed by atoms with Crippen molar-refractivity contribution < 1.29 is 14.1 Å². The Morgan fingerprint density at radius 3 is 2.50 bits per heavy atom. The van der Waals surface area contributed by atoms with E-state index in [9.17, 15) is 19.3 Å². The van der Waals surface area contributed by atoms with E-state index >= 15 is 0 Å². The zero-order valence-corrected chi connectivity index (χ0v) is 12.3. The van der Waals surface area contributed by atoms with Gasteiger partial charge in [-0.25, -0.2) is 0 Å². The fourth-order valence-corrected chi connectivity index (χ4v) is 2.03. The van der Waals surface area contributed by atoms with Crippen molar-refractivity contribution in [3.05, 3.63) is 74.5 Å². The second kappa shape index (κ2) is 6.53. The Bertz CT molecular complexity index is 719. The molecule has 2 aromatic rings. The van der Waals surface area contributed by atoms with E-state index in [0.29, 0.717) is 5.02 Å². The molecule has 0 aromatic heterocycles. The Morgan fingerprint density at radius 1 is 1.27 bits per heavy atom. The van der Waals surface area contributed by atoms with Crippen LogP contribution >= 0.6 is 11.6 Å². The molecule has 0 saturated carbocycles. The lowest BCUT2D eigenvalue weighted by Crippen LogP contribution is -2.26. The SMILES string of the molecule is C[C@@H](NC(=O)c1ccc(F)c([N+](=O)[O-])c1)c1ccc(Cl)cc1. The minimum absolute atomic E-state index is 0.0221. The molecule has 0 saturated heterocycles. The van der Waals surface area contributed by atoms with Gasteiger partial charge < -0.3 is 5.32 Å². The Balaban J connectivity index is 2.16. The Kier molecular flexibility index (Phi) is 4.72. The molecule has 1 amide bonds. The Labute approximate surface area is 130 Å². The number of hydrogen-bond donors (Lipinski definition) is 1. The summed E-state index contributed by atoms with van der Waals surface area (Å²) in [5.41, 5.74) is 0.120. The molecule has 22 heavy (non-hydrogen) atoms. The molecule has 0 fully saturated rings. The number of halogens is 2. The molecule has 0 radical (unpaired) electrons. The van der Waals surface area contributed by atoms with Crippen LogP contribution < -0.4 is 5.32 Å². The number of nitro benzene ring substituents is 1. The van der Waals surface area contributed by atoms with Gasteiger partial charge in [0.2, 0.25) is 5.82 Å². The molecule has 0 heterocycles. The molecular formula is C15H12ClFN2O3. The third-order valence-electron chi connectivity index (χ3n) is 3.12. The van der Waals surface area contributed by atoms with E-state index in [1.165, 1.54) is 6.07 Å². The molecule has 0 aliphatic heterocycles. The number of carbonyl (C=O) groups excluding carboxylic acids is 1. The van der Waals surface area contributed by atoms with Crippen LogP contribution in [0.1, 0.15) is 28.9 Å². The van der Waals surface area contributed by atoms with Gasteiger partial charge in [-0.1, -0.05) is 23.7 Å². The summed E-state index contributed by atoms with van der Waals surface area (Å²) in [5.74, 6) is -1.50. The maximum absolute atomic E-state index is 13.3. The van der Waals surface area contributed by atoms with E-state index in [1.54, 1.807) is 31.2 Å². The van der Waals surface area contributed by atoms with E-state index in [0.717, 1.165) is 17.7 Å². The Morgan fingerprint density at radius 2 is 1.91 bits per heavy atom. The fourth-order valence-electron chi connectivity index (χ4n) is 1.91. The van der Waals surface area contributed by atoms with Gasteiger partial charge in [-0.15, -0.1) is 0 Å². The molecule has 114 valence electrons. The number of nitrogens with one attached hydrogen (secondary N) is 1. The number of amides is 1. The summed E-state index contributed by atoms with van der Waals surface area (Å²) in [6.07, 6.45) is 0. The number of benzene rings is 2. The van der Waals surface area contributed by atoms with Gasteiger partial charge >= 0.3 is 5.69 Å². The molecule has 1 N–H and O–H groups in total. The first-order valence-electron chi connectivity index (χ1n) is 6.38. The van der Waals surface area contributed by atoms with Crippen molar-refractivity contribution >= 4 is 23.2 Å². The zero-order chi connectivity index (χ0) is 16.3. The van der Waals surface area contributed by atoms with Crippen molar-refractivity contribution in [2.45, 2.75) is 13.0 Å². The van der Waals surface area contributed by atoms with E-state index in [-0.39, 0.29) is 11.6 Å². The molecular weight excluding hydrogens is 311 g/mol. The molecule has 0 bridgehead atoms. The van der Waals surface area contributed by atoms with Gasteiger partial charge in [-0.3, -0.25) is 14.9 Å². The van der Waals surface area contributed by atoms with E-state index in [4.69, 9.17) is 11.6 Å². The van der Waals surface area contributed by atoms with Crippen molar-refractivity contribution in [3.8, 4) is 0 Å². The minimum Gasteiger partial charge on any atom is -0.346 e. The van der Waals surface area contributed by atoms with Crippen molar-refractivity contribution in [3.63, 3.8) is 0 Å². The summed E-state index contributed by atoms with van der Waals surface area (Å²) in [7, 11) is 0. The van der Waals surface area contributed by atoms with Crippen LogP contribution in [-0.4, -0.2) is 10.8 Å². The Hall–Kier alpha value is -2.47. The molecule has 7 heteroatoms. The van der Waals surface area contributed by atoms with Gasteiger partial charge in [0.15, 0.2) is 0 Å². The molecule has 2 rings (SSSR count). The molecule has 5 nitrogen and oxygen atoms in total. The zero-order valence-electron chi connectivity index (χ0n) is 11.5. The van der Waals surface area contributed by atoms with Gasteiger partial charge in [0.1, 0.15) is 0 Å². The van der Waals surface area contributed by atoms with E-state index in [2.05, 4.69) is 5.32 Å². The smallest absolute Gasteiger partial charge is 0.305 e. The highest BCUT2D eigenvalue weighted by molar-refractivity contribution is 6.30. The predicted molar refractivity (Wildman–Crippen MR) is 80.4 cm³/mol. The monoisotopic (exact) mass is 322 g/mol. The lowest BCUT2D eigenvalue weighted by atomic mass is 10.1. The number of nitro groups is 1. The van der Waals surface area contributed by atoms with E-state index in [1.807, 2.05) is 0 Å². The maximum atomic E-state index is 13.3. The standard InChI is InChI=1S/C15H12ClFN2O3/c1-9(10-2-5-12(16)6-3-10)18-15(20)11-4-7-13(17)14(8-11)19(21)22/h2-9H,1H3,(H,18,20)/t9-/m1/s1. The average molecular weight is 323 g/mol. The molecule has 1 atom stereocenters. The van der Waals surface area contributed by atoms with Gasteiger partial charge in [0.05, 0.1) is 11.0 Å². The van der Waals surface area contributed by atoms with Gasteiger partial charge in [-0.05, 0) is 36.8 Å². The summed E-state index contributed by atoms with van der Waals surface area (Å²) in [6, 6.07) is 9.62. The van der Waals surface area contributed by atoms with Crippen LogP contribution in [0, 0.1) is 15.9 Å². The maximum Gasteiger partial charge on any atom is 0.305 e. The van der Waals surface area contributed by atoms with Crippen LogP contribution in [0.25, 0.3) is 0 Å². The summed E-state index contributed by atoms with van der Waals surface area (Å²) < 4.78 is 13.3. The van der Waals surface area contributed by atoms with Crippen LogP contribution in [0.5, 0.6) is 0 Å². The van der Waals surface area contributed by atoms with Crippen LogP contribution in [0.4, 0.5) is 10.1 Å². The van der Waals surface area contributed by atoms with Gasteiger partial charge in [0.25, 0.3) is 5.91 Å². The highest BCUT2D eigenvalue weighted by Crippen LogP contribution is 2.20. The van der Waals surface area contributed by atoms with Crippen LogP contribution in [-0.2, 0) is 0 Å². The largest absolute Gasteiger partial charge is 0.346 e.